The average Bonchev–Trinajstić information content (AvgIpc) is 3.15. The molecule has 4 rings (SSSR count). The van der Waals surface area contributed by atoms with Crippen LogP contribution in [0.4, 0.5) is 10.5 Å². The van der Waals surface area contributed by atoms with E-state index in [9.17, 15) is 4.79 Å². The van der Waals surface area contributed by atoms with Crippen LogP contribution in [-0.2, 0) is 11.2 Å². The fraction of sp³-hybridized carbons (Fsp3) is 0.240. The highest BCUT2D eigenvalue weighted by Crippen LogP contribution is 2.54. The van der Waals surface area contributed by atoms with Crippen LogP contribution in [0.25, 0.3) is 10.6 Å². The summed E-state index contributed by atoms with van der Waals surface area (Å²) in [6.07, 6.45) is 0.582. The number of amides is 1. The maximum absolute atomic E-state index is 13.5. The first-order chi connectivity index (χ1) is 14.4. The quantitative estimate of drug-likeness (QED) is 0.422. The number of rotatable bonds is 3. The van der Waals surface area contributed by atoms with E-state index >= 15 is 0 Å². The van der Waals surface area contributed by atoms with Gasteiger partial charge in [0.05, 0.1) is 15.6 Å². The van der Waals surface area contributed by atoms with Gasteiger partial charge in [0.2, 0.25) is 0 Å². The predicted octanol–water partition coefficient (Wildman–Crippen LogP) is 7.68. The van der Waals surface area contributed by atoms with Gasteiger partial charge in [0.15, 0.2) is 0 Å². The lowest BCUT2D eigenvalue weighted by molar-refractivity contribution is 0.0600. The monoisotopic (exact) mass is 435 g/mol. The van der Waals surface area contributed by atoms with E-state index in [1.807, 2.05) is 69.3 Å². The third kappa shape index (κ3) is 4.18. The molecular weight excluding hydrogens is 410 g/mol. The lowest BCUT2D eigenvalue weighted by atomic mass is 10.1. The van der Waals surface area contributed by atoms with Gasteiger partial charge in [-0.25, -0.2) is 9.69 Å². The zero-order chi connectivity index (χ0) is 21.3. The Balaban J connectivity index is 1.96. The summed E-state index contributed by atoms with van der Waals surface area (Å²) in [5.41, 5.74) is 3.28. The second kappa shape index (κ2) is 8.32. The lowest BCUT2D eigenvalue weighted by Crippen LogP contribution is -2.37. The Bertz CT molecular complexity index is 1080. The Labute approximate surface area is 186 Å². The van der Waals surface area contributed by atoms with E-state index in [1.54, 1.807) is 28.0 Å². The number of benzene rings is 2. The number of thiophene rings is 1. The maximum atomic E-state index is 13.5. The van der Waals surface area contributed by atoms with Gasteiger partial charge in [-0.05, 0) is 44.4 Å². The van der Waals surface area contributed by atoms with E-state index in [2.05, 4.69) is 25.1 Å². The third-order valence-electron chi connectivity index (χ3n) is 4.61. The molecule has 1 aromatic heterocycles. The van der Waals surface area contributed by atoms with E-state index in [0.29, 0.717) is 0 Å². The molecule has 0 aliphatic carbocycles. The molecular formula is C25H25NO2S2. The molecule has 0 unspecified atom stereocenters. The first kappa shape index (κ1) is 20.8. The number of ether oxygens (including phenoxy) is 1. The number of thioether (sulfide) groups is 1. The van der Waals surface area contributed by atoms with Crippen molar-refractivity contribution in [3.05, 3.63) is 82.7 Å². The van der Waals surface area contributed by atoms with Crippen LogP contribution in [0, 0.1) is 0 Å². The number of carbonyl (C=O) groups is 1. The Morgan fingerprint density at radius 3 is 2.13 bits per heavy atom. The largest absolute Gasteiger partial charge is 0.443 e. The Hall–Kier alpha value is -2.50. The van der Waals surface area contributed by atoms with E-state index in [1.165, 1.54) is 4.88 Å². The SMILES string of the molecule is CCc1cc2c(s1)SC(c1ccccc1)=C(c1ccccc1)N2C(=O)OC(C)(C)C. The average molecular weight is 436 g/mol. The number of anilines is 1. The van der Waals surface area contributed by atoms with Crippen LogP contribution < -0.4 is 4.90 Å². The molecule has 2 aromatic carbocycles. The number of carbonyl (C=O) groups excluding carboxylic acids is 1. The van der Waals surface area contributed by atoms with Gasteiger partial charge < -0.3 is 4.74 Å². The van der Waals surface area contributed by atoms with Gasteiger partial charge in [-0.3, -0.25) is 0 Å². The number of nitrogens with zero attached hydrogens (tertiary/aromatic N) is 1. The van der Waals surface area contributed by atoms with Crippen molar-refractivity contribution in [3.63, 3.8) is 0 Å². The minimum atomic E-state index is -0.583. The minimum absolute atomic E-state index is 0.350. The summed E-state index contributed by atoms with van der Waals surface area (Å²) in [7, 11) is 0. The minimum Gasteiger partial charge on any atom is -0.443 e. The molecule has 1 aliphatic rings. The van der Waals surface area contributed by atoms with Crippen LogP contribution in [-0.4, -0.2) is 11.7 Å². The summed E-state index contributed by atoms with van der Waals surface area (Å²) in [5, 5.41) is 0. The number of hydrogen-bond acceptors (Lipinski definition) is 4. The molecule has 0 bridgehead atoms. The number of fused-ring (bicyclic) bond motifs is 1. The van der Waals surface area contributed by atoms with Crippen molar-refractivity contribution in [2.45, 2.75) is 43.9 Å². The van der Waals surface area contributed by atoms with E-state index in [0.717, 1.165) is 38.0 Å². The number of aryl methyl sites for hydroxylation is 1. The molecule has 30 heavy (non-hydrogen) atoms. The summed E-state index contributed by atoms with van der Waals surface area (Å²) >= 11 is 3.49. The molecule has 154 valence electrons. The van der Waals surface area contributed by atoms with Crippen molar-refractivity contribution in [1.29, 1.82) is 0 Å². The van der Waals surface area contributed by atoms with Gasteiger partial charge in [0.1, 0.15) is 5.60 Å². The fourth-order valence-electron chi connectivity index (χ4n) is 3.32. The molecule has 0 fully saturated rings. The topological polar surface area (TPSA) is 29.5 Å². The van der Waals surface area contributed by atoms with Crippen molar-refractivity contribution in [2.24, 2.45) is 0 Å². The second-order valence-corrected chi connectivity index (χ2v) is 10.5. The first-order valence-corrected chi connectivity index (χ1v) is 11.7. The zero-order valence-corrected chi connectivity index (χ0v) is 19.3. The van der Waals surface area contributed by atoms with Gasteiger partial charge in [0.25, 0.3) is 0 Å². The van der Waals surface area contributed by atoms with Crippen LogP contribution in [0.1, 0.15) is 43.7 Å². The summed E-state index contributed by atoms with van der Waals surface area (Å²) < 4.78 is 6.98. The van der Waals surface area contributed by atoms with E-state index in [4.69, 9.17) is 4.74 Å². The van der Waals surface area contributed by atoms with E-state index < -0.39 is 5.60 Å². The zero-order valence-electron chi connectivity index (χ0n) is 17.6. The highest BCUT2D eigenvalue weighted by molar-refractivity contribution is 8.10. The van der Waals surface area contributed by atoms with Crippen LogP contribution in [0.3, 0.4) is 0 Å². The van der Waals surface area contributed by atoms with Crippen LogP contribution in [0.2, 0.25) is 0 Å². The summed E-state index contributed by atoms with van der Waals surface area (Å²) in [6.45, 7) is 7.85. The van der Waals surface area contributed by atoms with Gasteiger partial charge in [-0.2, -0.15) is 0 Å². The second-order valence-electron chi connectivity index (χ2n) is 8.07. The molecule has 2 heterocycles. The molecule has 0 spiro atoms. The van der Waals surface area contributed by atoms with Crippen LogP contribution in [0.15, 0.2) is 70.9 Å². The molecule has 0 saturated heterocycles. The molecule has 0 N–H and O–H groups in total. The highest BCUT2D eigenvalue weighted by atomic mass is 32.2. The van der Waals surface area contributed by atoms with Gasteiger partial charge in [-0.15, -0.1) is 11.3 Å². The molecule has 3 nitrogen and oxygen atoms in total. The van der Waals surface area contributed by atoms with Crippen LogP contribution >= 0.6 is 23.1 Å². The third-order valence-corrected chi connectivity index (χ3v) is 7.20. The summed E-state index contributed by atoms with van der Waals surface area (Å²) in [5.74, 6) is 0. The van der Waals surface area contributed by atoms with E-state index in [-0.39, 0.29) is 6.09 Å². The molecule has 1 aliphatic heterocycles. The standard InChI is InChI=1S/C25H25NO2S2/c1-5-19-16-20-23(29-19)30-22(18-14-10-7-11-15-18)21(17-12-8-6-9-13-17)26(20)24(27)28-25(2,3)4/h6-16H,5H2,1-4H3. The Morgan fingerprint density at radius 1 is 0.967 bits per heavy atom. The van der Waals surface area contributed by atoms with Crippen LogP contribution in [0.5, 0.6) is 0 Å². The Kier molecular flexibility index (Phi) is 5.76. The highest BCUT2D eigenvalue weighted by Gasteiger charge is 2.36. The van der Waals surface area contributed by atoms with Gasteiger partial charge in [0, 0.05) is 9.78 Å². The van der Waals surface area contributed by atoms with Gasteiger partial charge >= 0.3 is 6.09 Å². The van der Waals surface area contributed by atoms with Crippen molar-refractivity contribution in [3.8, 4) is 0 Å². The first-order valence-electron chi connectivity index (χ1n) is 10.1. The molecule has 3 aromatic rings. The van der Waals surface area contributed by atoms with Crippen molar-refractivity contribution in [2.75, 3.05) is 4.90 Å². The molecule has 1 amide bonds. The van der Waals surface area contributed by atoms with Crippen molar-refractivity contribution >= 4 is 45.5 Å². The Morgan fingerprint density at radius 2 is 1.57 bits per heavy atom. The predicted molar refractivity (Wildman–Crippen MR) is 128 cm³/mol. The van der Waals surface area contributed by atoms with Crippen molar-refractivity contribution in [1.82, 2.24) is 0 Å². The van der Waals surface area contributed by atoms with Gasteiger partial charge in [-0.1, -0.05) is 79.3 Å². The molecule has 0 saturated carbocycles. The maximum Gasteiger partial charge on any atom is 0.419 e. The smallest absolute Gasteiger partial charge is 0.419 e. The molecule has 5 heteroatoms. The normalized spacial score (nSPS) is 13.9. The summed E-state index contributed by atoms with van der Waals surface area (Å²) in [6, 6.07) is 22.5. The lowest BCUT2D eigenvalue weighted by Gasteiger charge is -2.33. The number of hydrogen-bond donors (Lipinski definition) is 0. The summed E-state index contributed by atoms with van der Waals surface area (Å²) in [4.78, 5) is 17.6. The molecule has 0 atom stereocenters. The molecule has 0 radical (unpaired) electrons. The van der Waals surface area contributed by atoms with Crippen molar-refractivity contribution < 1.29 is 9.53 Å². The fourth-order valence-corrected chi connectivity index (χ4v) is 5.86.